The van der Waals surface area contributed by atoms with Crippen LogP contribution in [0.4, 0.5) is 17.6 Å². The van der Waals surface area contributed by atoms with E-state index in [1.807, 2.05) is 12.2 Å². The zero-order valence-corrected chi connectivity index (χ0v) is 14.7. The molecule has 0 saturated carbocycles. The molecule has 0 N–H and O–H groups in total. The van der Waals surface area contributed by atoms with E-state index in [0.717, 1.165) is 33.9 Å². The molecule has 0 radical (unpaired) electrons. The van der Waals surface area contributed by atoms with Gasteiger partial charge in [-0.2, -0.15) is 0 Å². The molecule has 1 aromatic heterocycles. The van der Waals surface area contributed by atoms with Crippen LogP contribution in [0.2, 0.25) is 0 Å². The third-order valence-corrected chi connectivity index (χ3v) is 5.34. The molecular weight excluding hydrogens is 378 g/mol. The van der Waals surface area contributed by atoms with Gasteiger partial charge in [0, 0.05) is 16.0 Å². The number of rotatable bonds is 3. The molecule has 0 bridgehead atoms. The highest BCUT2D eigenvalue weighted by Gasteiger charge is 2.31. The maximum atomic E-state index is 13.0. The Bertz CT molecular complexity index is 1030. The molecule has 2 aromatic carbocycles. The van der Waals surface area contributed by atoms with Gasteiger partial charge >= 0.3 is 6.36 Å². The molecule has 0 amide bonds. The number of thioether (sulfide) groups is 1. The van der Waals surface area contributed by atoms with E-state index in [-0.39, 0.29) is 11.6 Å². The molecule has 0 unspecified atom stereocenters. The van der Waals surface area contributed by atoms with E-state index < -0.39 is 6.36 Å². The fourth-order valence-corrected chi connectivity index (χ4v) is 4.23. The Hall–Kier alpha value is -2.54. The molecule has 0 spiro atoms. The number of halogens is 4. The molecule has 138 valence electrons. The van der Waals surface area contributed by atoms with Crippen LogP contribution in [-0.2, 0) is 6.42 Å². The lowest BCUT2D eigenvalue weighted by Crippen LogP contribution is -2.17. The largest absolute Gasteiger partial charge is 0.573 e. The van der Waals surface area contributed by atoms with Gasteiger partial charge in [-0.15, -0.1) is 24.9 Å². The molecule has 7 heteroatoms. The number of aromatic nitrogens is 1. The lowest BCUT2D eigenvalue weighted by atomic mass is 10.1. The van der Waals surface area contributed by atoms with E-state index in [4.69, 9.17) is 0 Å². The molecular formula is C20H13F4NOS. The van der Waals surface area contributed by atoms with Gasteiger partial charge in [0.05, 0.1) is 11.2 Å². The normalized spacial score (nSPS) is 14.1. The van der Waals surface area contributed by atoms with Gasteiger partial charge in [-0.05, 0) is 54.0 Å². The second-order valence-electron chi connectivity index (χ2n) is 6.01. The average molecular weight is 391 g/mol. The summed E-state index contributed by atoms with van der Waals surface area (Å²) in [6.45, 7) is 0. The zero-order chi connectivity index (χ0) is 19.0. The minimum Gasteiger partial charge on any atom is -0.406 e. The topological polar surface area (TPSA) is 22.1 Å². The summed E-state index contributed by atoms with van der Waals surface area (Å²) < 4.78 is 54.5. The number of hydrogen-bond donors (Lipinski definition) is 0. The van der Waals surface area contributed by atoms with Crippen LogP contribution in [0.3, 0.4) is 0 Å². The highest BCUT2D eigenvalue weighted by molar-refractivity contribution is 7.99. The lowest BCUT2D eigenvalue weighted by Gasteiger charge is -2.12. The summed E-state index contributed by atoms with van der Waals surface area (Å²) >= 11 is 1.60. The van der Waals surface area contributed by atoms with Crippen LogP contribution in [-0.4, -0.2) is 17.1 Å². The van der Waals surface area contributed by atoms with Crippen LogP contribution < -0.4 is 4.74 Å². The Morgan fingerprint density at radius 2 is 1.81 bits per heavy atom. The first-order chi connectivity index (χ1) is 12.9. The highest BCUT2D eigenvalue weighted by atomic mass is 32.2. The van der Waals surface area contributed by atoms with E-state index in [0.29, 0.717) is 10.9 Å². The molecule has 1 aliphatic heterocycles. The Morgan fingerprint density at radius 3 is 2.56 bits per heavy atom. The Kier molecular flexibility index (Phi) is 4.55. The zero-order valence-electron chi connectivity index (χ0n) is 13.9. The van der Waals surface area contributed by atoms with Crippen molar-refractivity contribution in [3.8, 4) is 5.75 Å². The van der Waals surface area contributed by atoms with Crippen molar-refractivity contribution in [2.24, 2.45) is 0 Å². The quantitative estimate of drug-likeness (QED) is 0.505. The maximum Gasteiger partial charge on any atom is 0.573 e. The van der Waals surface area contributed by atoms with Crippen LogP contribution in [0.15, 0.2) is 47.4 Å². The summed E-state index contributed by atoms with van der Waals surface area (Å²) in [6, 6.07) is 10.3. The molecule has 3 aromatic rings. The van der Waals surface area contributed by atoms with Crippen molar-refractivity contribution in [1.29, 1.82) is 0 Å². The van der Waals surface area contributed by atoms with Crippen molar-refractivity contribution in [3.05, 3.63) is 65.1 Å². The minimum absolute atomic E-state index is 0.249. The number of ether oxygens (including phenoxy) is 1. The van der Waals surface area contributed by atoms with Gasteiger partial charge in [-0.25, -0.2) is 9.37 Å². The molecule has 1 aliphatic rings. The van der Waals surface area contributed by atoms with Crippen LogP contribution in [0.1, 0.15) is 16.8 Å². The lowest BCUT2D eigenvalue weighted by molar-refractivity contribution is -0.274. The fraction of sp³-hybridized carbons (Fsp3) is 0.150. The SMILES string of the molecule is Fc1ccc(/C=C/c2nc3ccc(OC(F)(F)F)cc3c3c2CCS3)cc1. The molecule has 2 nitrogen and oxygen atoms in total. The number of hydrogen-bond acceptors (Lipinski definition) is 3. The average Bonchev–Trinajstić information content (AvgIpc) is 3.10. The Morgan fingerprint density at radius 1 is 1.04 bits per heavy atom. The van der Waals surface area contributed by atoms with Crippen molar-refractivity contribution in [2.75, 3.05) is 5.75 Å². The van der Waals surface area contributed by atoms with Crippen molar-refractivity contribution in [3.63, 3.8) is 0 Å². The fourth-order valence-electron chi connectivity index (χ4n) is 3.02. The smallest absolute Gasteiger partial charge is 0.406 e. The minimum atomic E-state index is -4.73. The Labute approximate surface area is 156 Å². The van der Waals surface area contributed by atoms with Crippen molar-refractivity contribution in [2.45, 2.75) is 17.7 Å². The van der Waals surface area contributed by atoms with Gasteiger partial charge in [0.2, 0.25) is 0 Å². The summed E-state index contributed by atoms with van der Waals surface area (Å²) in [4.78, 5) is 5.54. The second-order valence-corrected chi connectivity index (χ2v) is 7.12. The van der Waals surface area contributed by atoms with Gasteiger partial charge in [0.1, 0.15) is 11.6 Å². The first-order valence-corrected chi connectivity index (χ1v) is 9.16. The third kappa shape index (κ3) is 3.93. The number of alkyl halides is 3. The highest BCUT2D eigenvalue weighted by Crippen LogP contribution is 2.40. The third-order valence-electron chi connectivity index (χ3n) is 4.17. The van der Waals surface area contributed by atoms with Crippen LogP contribution in [0, 0.1) is 5.82 Å². The summed E-state index contributed by atoms with van der Waals surface area (Å²) in [5.74, 6) is 0.295. The Balaban J connectivity index is 1.75. The molecule has 0 aliphatic carbocycles. The van der Waals surface area contributed by atoms with Crippen molar-refractivity contribution < 1.29 is 22.3 Å². The van der Waals surface area contributed by atoms with Crippen LogP contribution in [0.25, 0.3) is 23.1 Å². The van der Waals surface area contributed by atoms with Crippen LogP contribution in [0.5, 0.6) is 5.75 Å². The first kappa shape index (κ1) is 17.9. The van der Waals surface area contributed by atoms with Gasteiger partial charge in [-0.1, -0.05) is 18.2 Å². The maximum absolute atomic E-state index is 13.0. The molecule has 2 heterocycles. The van der Waals surface area contributed by atoms with Crippen LogP contribution >= 0.6 is 11.8 Å². The monoisotopic (exact) mass is 391 g/mol. The standard InChI is InChI=1S/C20H13F4NOS/c21-13-4-1-12(2-5-13)3-7-17-15-9-10-27-19(15)16-11-14(26-20(22,23)24)6-8-18(16)25-17/h1-8,11H,9-10H2/b7-3+. The van der Waals surface area contributed by atoms with E-state index >= 15 is 0 Å². The van der Waals surface area contributed by atoms with Gasteiger partial charge < -0.3 is 4.74 Å². The molecule has 27 heavy (non-hydrogen) atoms. The number of nitrogens with zero attached hydrogens (tertiary/aromatic N) is 1. The molecule has 0 fully saturated rings. The molecule has 4 rings (SSSR count). The van der Waals surface area contributed by atoms with Gasteiger partial charge in [-0.3, -0.25) is 0 Å². The number of pyridine rings is 1. The van der Waals surface area contributed by atoms with E-state index in [1.54, 1.807) is 23.9 Å². The molecule has 0 atom stereocenters. The van der Waals surface area contributed by atoms with Crippen molar-refractivity contribution >= 4 is 34.8 Å². The van der Waals surface area contributed by atoms with Gasteiger partial charge in [0.25, 0.3) is 0 Å². The van der Waals surface area contributed by atoms with Gasteiger partial charge in [0.15, 0.2) is 0 Å². The van der Waals surface area contributed by atoms with E-state index in [2.05, 4.69) is 9.72 Å². The van der Waals surface area contributed by atoms with E-state index in [1.165, 1.54) is 30.3 Å². The summed E-state index contributed by atoms with van der Waals surface area (Å²) in [7, 11) is 0. The summed E-state index contributed by atoms with van der Waals surface area (Å²) in [5.41, 5.74) is 3.23. The first-order valence-electron chi connectivity index (χ1n) is 8.18. The van der Waals surface area contributed by atoms with Crippen molar-refractivity contribution in [1.82, 2.24) is 4.98 Å². The number of fused-ring (bicyclic) bond motifs is 3. The molecule has 0 saturated heterocycles. The van der Waals surface area contributed by atoms with E-state index in [9.17, 15) is 17.6 Å². The predicted octanol–water partition coefficient (Wildman–Crippen LogP) is 6.09. The number of benzene rings is 2. The summed E-state index contributed by atoms with van der Waals surface area (Å²) in [6.07, 6.45) is -0.235. The second kappa shape index (κ2) is 6.88. The predicted molar refractivity (Wildman–Crippen MR) is 98.2 cm³/mol. The summed E-state index contributed by atoms with van der Waals surface area (Å²) in [5, 5.41) is 0.660.